The Morgan fingerprint density at radius 1 is 1.16 bits per heavy atom. The molecule has 0 saturated heterocycles. The van der Waals surface area contributed by atoms with Crippen LogP contribution in [0.5, 0.6) is 0 Å². The zero-order chi connectivity index (χ0) is 18.7. The van der Waals surface area contributed by atoms with E-state index in [1.807, 2.05) is 6.07 Å². The number of hydrogen-bond acceptors (Lipinski definition) is 5. The quantitative estimate of drug-likeness (QED) is 0.435. The first-order valence-electron chi connectivity index (χ1n) is 9.42. The smallest absolute Gasteiger partial charge is 0.125 e. The van der Waals surface area contributed by atoms with Crippen LogP contribution in [0.15, 0.2) is 24.5 Å². The third kappa shape index (κ3) is 8.77. The molecule has 25 heavy (non-hydrogen) atoms. The fraction of sp³-hybridized carbons (Fsp3) is 0.650. The fourth-order valence-corrected chi connectivity index (χ4v) is 2.71. The van der Waals surface area contributed by atoms with E-state index in [-0.39, 0.29) is 0 Å². The van der Waals surface area contributed by atoms with Gasteiger partial charge in [0.2, 0.25) is 0 Å². The molecule has 1 aromatic rings. The van der Waals surface area contributed by atoms with Gasteiger partial charge in [0.25, 0.3) is 0 Å². The van der Waals surface area contributed by atoms with Gasteiger partial charge in [-0.2, -0.15) is 0 Å². The highest BCUT2D eigenvalue weighted by molar-refractivity contribution is 5.54. The first kappa shape index (κ1) is 21.3. The second-order valence-electron chi connectivity index (χ2n) is 6.77. The van der Waals surface area contributed by atoms with Gasteiger partial charge in [-0.25, -0.2) is 4.98 Å². The highest BCUT2D eigenvalue weighted by Crippen LogP contribution is 2.20. The zero-order valence-corrected chi connectivity index (χ0v) is 16.6. The van der Waals surface area contributed by atoms with Crippen molar-refractivity contribution in [1.82, 2.24) is 9.88 Å². The summed E-state index contributed by atoms with van der Waals surface area (Å²) < 4.78 is 5.71. The first-order chi connectivity index (χ1) is 12.0. The fourth-order valence-electron chi connectivity index (χ4n) is 2.71. The lowest BCUT2D eigenvalue weighted by molar-refractivity contribution is 0.193. The van der Waals surface area contributed by atoms with Crippen LogP contribution in [-0.4, -0.2) is 50.2 Å². The summed E-state index contributed by atoms with van der Waals surface area (Å²) in [6.45, 7) is 12.1. The molecule has 1 rings (SSSR count). The van der Waals surface area contributed by atoms with Crippen LogP contribution >= 0.6 is 0 Å². The van der Waals surface area contributed by atoms with Gasteiger partial charge in [0.1, 0.15) is 5.82 Å². The summed E-state index contributed by atoms with van der Waals surface area (Å²) >= 11 is 0. The van der Waals surface area contributed by atoms with Crippen molar-refractivity contribution in [3.63, 3.8) is 0 Å². The average molecular weight is 349 g/mol. The molecule has 1 heterocycles. The van der Waals surface area contributed by atoms with Crippen molar-refractivity contribution in [2.24, 2.45) is 0 Å². The largest absolute Gasteiger partial charge is 0.498 e. The SMILES string of the molecule is C=C(CCN(C)C)OCCCc1cc(N(CCC)CCC)cc(N)n1. The molecule has 0 aliphatic carbocycles. The normalized spacial score (nSPS) is 10.9. The van der Waals surface area contributed by atoms with Crippen molar-refractivity contribution in [2.45, 2.75) is 46.0 Å². The van der Waals surface area contributed by atoms with Crippen molar-refractivity contribution in [3.05, 3.63) is 30.2 Å². The zero-order valence-electron chi connectivity index (χ0n) is 16.6. The summed E-state index contributed by atoms with van der Waals surface area (Å²) in [6, 6.07) is 4.15. The van der Waals surface area contributed by atoms with Gasteiger partial charge in [-0.3, -0.25) is 0 Å². The second kappa shape index (κ2) is 11.7. The highest BCUT2D eigenvalue weighted by Gasteiger charge is 2.08. The Labute approximate surface area is 153 Å². The molecule has 0 atom stereocenters. The van der Waals surface area contributed by atoms with Crippen LogP contribution in [0, 0.1) is 0 Å². The topological polar surface area (TPSA) is 54.6 Å². The monoisotopic (exact) mass is 348 g/mol. The molecular formula is C20H36N4O. The molecule has 0 aliphatic heterocycles. The van der Waals surface area contributed by atoms with Gasteiger partial charge >= 0.3 is 0 Å². The van der Waals surface area contributed by atoms with Crippen LogP contribution in [0.4, 0.5) is 11.5 Å². The number of nitrogen functional groups attached to an aromatic ring is 1. The number of anilines is 2. The number of aryl methyl sites for hydroxylation is 1. The minimum Gasteiger partial charge on any atom is -0.498 e. The van der Waals surface area contributed by atoms with Gasteiger partial charge in [-0.1, -0.05) is 20.4 Å². The van der Waals surface area contributed by atoms with E-state index in [0.29, 0.717) is 12.4 Å². The summed E-state index contributed by atoms with van der Waals surface area (Å²) in [7, 11) is 4.10. The number of rotatable bonds is 13. The molecule has 2 N–H and O–H groups in total. The molecule has 5 nitrogen and oxygen atoms in total. The van der Waals surface area contributed by atoms with E-state index in [9.17, 15) is 0 Å². The van der Waals surface area contributed by atoms with Crippen molar-refractivity contribution in [1.29, 1.82) is 0 Å². The third-order valence-electron chi connectivity index (χ3n) is 3.96. The Hall–Kier alpha value is -1.75. The lowest BCUT2D eigenvalue weighted by Gasteiger charge is -2.24. The van der Waals surface area contributed by atoms with E-state index in [1.165, 1.54) is 5.69 Å². The van der Waals surface area contributed by atoms with Gasteiger partial charge in [-0.15, -0.1) is 0 Å². The molecule has 0 aliphatic rings. The van der Waals surface area contributed by atoms with Crippen LogP contribution in [0.25, 0.3) is 0 Å². The maximum absolute atomic E-state index is 6.02. The molecule has 142 valence electrons. The molecule has 0 spiro atoms. The Bertz CT molecular complexity index is 510. The Balaban J connectivity index is 2.51. The van der Waals surface area contributed by atoms with Gasteiger partial charge < -0.3 is 20.3 Å². The van der Waals surface area contributed by atoms with Crippen molar-refractivity contribution in [2.75, 3.05) is 51.0 Å². The van der Waals surface area contributed by atoms with E-state index >= 15 is 0 Å². The predicted molar refractivity (Wildman–Crippen MR) is 108 cm³/mol. The molecule has 0 saturated carbocycles. The molecule has 1 aromatic heterocycles. The van der Waals surface area contributed by atoms with Crippen LogP contribution in [0.1, 0.15) is 45.2 Å². The van der Waals surface area contributed by atoms with Gasteiger partial charge in [0.15, 0.2) is 0 Å². The number of pyridine rings is 1. The lowest BCUT2D eigenvalue weighted by atomic mass is 10.2. The van der Waals surface area contributed by atoms with Gasteiger partial charge in [0.05, 0.1) is 12.4 Å². The molecule has 0 fully saturated rings. The molecular weight excluding hydrogens is 312 g/mol. The number of ether oxygens (including phenoxy) is 1. The number of aromatic nitrogens is 1. The standard InChI is InChI=1S/C20H36N4O/c1-6-11-24(12-7-2)19-15-18(22-20(21)16-19)9-8-14-25-17(3)10-13-23(4)5/h15-16H,3,6-14H2,1-2,4-5H3,(H2,21,22). The van der Waals surface area contributed by atoms with E-state index in [0.717, 1.165) is 63.2 Å². The van der Waals surface area contributed by atoms with Crippen LogP contribution in [0.3, 0.4) is 0 Å². The van der Waals surface area contributed by atoms with E-state index in [4.69, 9.17) is 10.5 Å². The molecule has 0 amide bonds. The van der Waals surface area contributed by atoms with Crippen LogP contribution < -0.4 is 10.6 Å². The third-order valence-corrected chi connectivity index (χ3v) is 3.96. The lowest BCUT2D eigenvalue weighted by Crippen LogP contribution is -2.25. The van der Waals surface area contributed by atoms with Crippen molar-refractivity contribution in [3.8, 4) is 0 Å². The summed E-state index contributed by atoms with van der Waals surface area (Å²) in [6.07, 6.45) is 4.90. The van der Waals surface area contributed by atoms with Gasteiger partial charge in [0, 0.05) is 43.5 Å². The molecule has 0 bridgehead atoms. The second-order valence-corrected chi connectivity index (χ2v) is 6.77. The number of nitrogens with two attached hydrogens (primary N) is 1. The van der Waals surface area contributed by atoms with E-state index in [1.54, 1.807) is 0 Å². The van der Waals surface area contributed by atoms with Crippen LogP contribution in [-0.2, 0) is 11.2 Å². The predicted octanol–water partition coefficient (Wildman–Crippen LogP) is 3.70. The summed E-state index contributed by atoms with van der Waals surface area (Å²) in [5.74, 6) is 1.45. The van der Waals surface area contributed by atoms with Crippen molar-refractivity contribution < 1.29 is 4.74 Å². The summed E-state index contributed by atoms with van der Waals surface area (Å²) in [4.78, 5) is 9.00. The molecule has 0 radical (unpaired) electrons. The summed E-state index contributed by atoms with van der Waals surface area (Å²) in [5, 5.41) is 0. The Morgan fingerprint density at radius 3 is 2.44 bits per heavy atom. The van der Waals surface area contributed by atoms with E-state index < -0.39 is 0 Å². The average Bonchev–Trinajstić information content (AvgIpc) is 2.56. The molecule has 0 aromatic carbocycles. The van der Waals surface area contributed by atoms with E-state index in [2.05, 4.69) is 55.4 Å². The van der Waals surface area contributed by atoms with Crippen molar-refractivity contribution >= 4 is 11.5 Å². The maximum Gasteiger partial charge on any atom is 0.125 e. The Morgan fingerprint density at radius 2 is 1.84 bits per heavy atom. The maximum atomic E-state index is 6.02. The number of nitrogens with zero attached hydrogens (tertiary/aromatic N) is 3. The Kier molecular flexibility index (Phi) is 10.0. The molecule has 0 unspecified atom stereocenters. The summed E-state index contributed by atoms with van der Waals surface area (Å²) in [5.41, 5.74) is 8.24. The highest BCUT2D eigenvalue weighted by atomic mass is 16.5. The first-order valence-corrected chi connectivity index (χ1v) is 9.42. The minimum atomic E-state index is 0.598. The minimum absolute atomic E-state index is 0.598. The number of hydrogen-bond donors (Lipinski definition) is 1. The molecule has 5 heteroatoms. The van der Waals surface area contributed by atoms with Crippen LogP contribution in [0.2, 0.25) is 0 Å². The van der Waals surface area contributed by atoms with Gasteiger partial charge in [-0.05, 0) is 45.8 Å².